The first-order valence-corrected chi connectivity index (χ1v) is 10.8. The maximum atomic E-state index is 12.7. The molecule has 0 bridgehead atoms. The van der Waals surface area contributed by atoms with E-state index in [9.17, 15) is 9.59 Å². The van der Waals surface area contributed by atoms with E-state index in [2.05, 4.69) is 19.2 Å². The third kappa shape index (κ3) is 5.00. The lowest BCUT2D eigenvalue weighted by atomic mass is 9.92. The molecule has 5 nitrogen and oxygen atoms in total. The average Bonchev–Trinajstić information content (AvgIpc) is 3.05. The molecular formula is C22H29N2O3S+. The Hall–Kier alpha value is -2.18. The molecule has 6 heteroatoms. The standard InChI is InChI=1S/C22H28N2O3S/c1-4-27-22(26)20-18(17-8-6-5-7-9-17)14-28-21(20)23-19(25)13-24-11-15(2)10-16(3)12-24/h5-9,14-16H,4,10-13H2,1-3H3,(H,23,25)/p+1/t15-,16-/m1/s1. The van der Waals surface area contributed by atoms with Gasteiger partial charge in [0.2, 0.25) is 0 Å². The zero-order valence-corrected chi connectivity index (χ0v) is 17.6. The van der Waals surface area contributed by atoms with Crippen LogP contribution in [-0.2, 0) is 9.53 Å². The van der Waals surface area contributed by atoms with E-state index in [1.807, 2.05) is 35.7 Å². The fourth-order valence-electron chi connectivity index (χ4n) is 4.15. The van der Waals surface area contributed by atoms with Crippen molar-refractivity contribution in [2.75, 3.05) is 31.6 Å². The molecule has 0 spiro atoms. The normalized spacial score (nSPS) is 21.9. The highest BCUT2D eigenvalue weighted by atomic mass is 32.1. The second-order valence-corrected chi connectivity index (χ2v) is 8.65. The van der Waals surface area contributed by atoms with Crippen molar-refractivity contribution in [2.24, 2.45) is 11.8 Å². The summed E-state index contributed by atoms with van der Waals surface area (Å²) < 4.78 is 5.26. The van der Waals surface area contributed by atoms with Crippen LogP contribution in [0.5, 0.6) is 0 Å². The van der Waals surface area contributed by atoms with Crippen LogP contribution in [0.15, 0.2) is 35.7 Å². The number of piperidine rings is 1. The molecule has 0 aliphatic carbocycles. The lowest BCUT2D eigenvalue weighted by molar-refractivity contribution is -0.904. The minimum absolute atomic E-state index is 0.0525. The van der Waals surface area contributed by atoms with Crippen molar-refractivity contribution in [2.45, 2.75) is 27.2 Å². The van der Waals surface area contributed by atoms with Crippen LogP contribution in [0.4, 0.5) is 5.00 Å². The quantitative estimate of drug-likeness (QED) is 0.732. The van der Waals surface area contributed by atoms with Crippen molar-refractivity contribution in [3.63, 3.8) is 0 Å². The molecule has 1 aliphatic rings. The van der Waals surface area contributed by atoms with Gasteiger partial charge >= 0.3 is 5.97 Å². The van der Waals surface area contributed by atoms with Crippen molar-refractivity contribution < 1.29 is 19.2 Å². The number of carbonyl (C=O) groups excluding carboxylic acids is 2. The van der Waals surface area contributed by atoms with Crippen LogP contribution in [0.3, 0.4) is 0 Å². The number of nitrogens with one attached hydrogen (secondary N) is 2. The zero-order valence-electron chi connectivity index (χ0n) is 16.8. The summed E-state index contributed by atoms with van der Waals surface area (Å²) in [6, 6.07) is 9.71. The molecule has 1 fully saturated rings. The number of carbonyl (C=O) groups is 2. The van der Waals surface area contributed by atoms with E-state index in [0.29, 0.717) is 35.6 Å². The molecule has 2 N–H and O–H groups in total. The third-order valence-electron chi connectivity index (χ3n) is 5.10. The van der Waals surface area contributed by atoms with Crippen molar-refractivity contribution in [3.8, 4) is 11.1 Å². The number of hydrogen-bond donors (Lipinski definition) is 2. The maximum absolute atomic E-state index is 12.7. The molecule has 2 atom stereocenters. The summed E-state index contributed by atoms with van der Waals surface area (Å²) >= 11 is 1.37. The Balaban J connectivity index is 1.78. The van der Waals surface area contributed by atoms with Crippen molar-refractivity contribution in [3.05, 3.63) is 41.3 Å². The molecule has 2 heterocycles. The van der Waals surface area contributed by atoms with E-state index < -0.39 is 5.97 Å². The monoisotopic (exact) mass is 401 g/mol. The Morgan fingerprint density at radius 3 is 2.50 bits per heavy atom. The molecule has 0 radical (unpaired) electrons. The first-order chi connectivity index (χ1) is 13.5. The number of hydrogen-bond acceptors (Lipinski definition) is 4. The van der Waals surface area contributed by atoms with E-state index in [-0.39, 0.29) is 5.91 Å². The smallest absolute Gasteiger partial charge is 0.341 e. The number of benzene rings is 1. The summed E-state index contributed by atoms with van der Waals surface area (Å²) in [7, 11) is 0. The zero-order chi connectivity index (χ0) is 20.1. The van der Waals surface area contributed by atoms with Gasteiger partial charge in [-0.15, -0.1) is 11.3 Å². The number of ether oxygens (including phenoxy) is 1. The molecule has 28 heavy (non-hydrogen) atoms. The van der Waals surface area contributed by atoms with Gasteiger partial charge < -0.3 is 15.0 Å². The van der Waals surface area contributed by atoms with Gasteiger partial charge in [0.15, 0.2) is 6.54 Å². The number of rotatable bonds is 6. The second-order valence-electron chi connectivity index (χ2n) is 7.77. The van der Waals surface area contributed by atoms with Crippen LogP contribution in [0.2, 0.25) is 0 Å². The Morgan fingerprint density at radius 2 is 1.86 bits per heavy atom. The summed E-state index contributed by atoms with van der Waals surface area (Å²) in [5.41, 5.74) is 2.18. The number of esters is 1. The molecule has 1 saturated heterocycles. The predicted molar refractivity (Wildman–Crippen MR) is 113 cm³/mol. The minimum atomic E-state index is -0.398. The average molecular weight is 402 g/mol. The Labute approximate surface area is 170 Å². The molecule has 1 aromatic heterocycles. The predicted octanol–water partition coefficient (Wildman–Crippen LogP) is 3.09. The van der Waals surface area contributed by atoms with Crippen LogP contribution in [0.1, 0.15) is 37.6 Å². The van der Waals surface area contributed by atoms with Crippen LogP contribution >= 0.6 is 11.3 Å². The summed E-state index contributed by atoms with van der Waals surface area (Å²) in [5, 5.41) is 5.46. The van der Waals surface area contributed by atoms with E-state index in [0.717, 1.165) is 24.2 Å². The molecule has 2 aromatic rings. The molecule has 0 unspecified atom stereocenters. The SMILES string of the molecule is CCOC(=O)c1c(-c2ccccc2)csc1NC(=O)C[NH+]1C[C@H](C)C[C@@H](C)C1. The topological polar surface area (TPSA) is 59.8 Å². The fraction of sp³-hybridized carbons (Fsp3) is 0.455. The second kappa shape index (κ2) is 9.34. The van der Waals surface area contributed by atoms with Gasteiger partial charge in [0.1, 0.15) is 10.6 Å². The van der Waals surface area contributed by atoms with Gasteiger partial charge in [-0.3, -0.25) is 4.79 Å². The van der Waals surface area contributed by atoms with Crippen LogP contribution in [0.25, 0.3) is 11.1 Å². The molecule has 1 amide bonds. The lowest BCUT2D eigenvalue weighted by Gasteiger charge is -2.31. The van der Waals surface area contributed by atoms with Crippen LogP contribution in [-0.4, -0.2) is 38.1 Å². The fourth-order valence-corrected chi connectivity index (χ4v) is 5.12. The molecular weight excluding hydrogens is 372 g/mol. The molecule has 0 saturated carbocycles. The van der Waals surface area contributed by atoms with Crippen molar-refractivity contribution in [1.82, 2.24) is 0 Å². The minimum Gasteiger partial charge on any atom is -0.462 e. The summed E-state index contributed by atoms with van der Waals surface area (Å²) in [6.45, 7) is 9.03. The summed E-state index contributed by atoms with van der Waals surface area (Å²) in [5.74, 6) is 0.815. The van der Waals surface area contributed by atoms with Crippen LogP contribution < -0.4 is 10.2 Å². The van der Waals surface area contributed by atoms with Gasteiger partial charge in [0.05, 0.1) is 19.7 Å². The Bertz CT molecular complexity index is 808. The third-order valence-corrected chi connectivity index (χ3v) is 5.99. The number of likely N-dealkylation sites (tertiary alicyclic amines) is 1. The van der Waals surface area contributed by atoms with Gasteiger partial charge in [-0.25, -0.2) is 4.79 Å². The first-order valence-electron chi connectivity index (χ1n) is 9.95. The Kier molecular flexibility index (Phi) is 6.86. The number of thiophene rings is 1. The lowest BCUT2D eigenvalue weighted by Crippen LogP contribution is -3.15. The van der Waals surface area contributed by atoms with E-state index >= 15 is 0 Å². The molecule has 1 aliphatic heterocycles. The summed E-state index contributed by atoms with van der Waals surface area (Å²) in [4.78, 5) is 26.6. The maximum Gasteiger partial charge on any atom is 0.341 e. The van der Waals surface area contributed by atoms with E-state index in [4.69, 9.17) is 4.74 Å². The van der Waals surface area contributed by atoms with Gasteiger partial charge in [0.25, 0.3) is 5.91 Å². The van der Waals surface area contributed by atoms with E-state index in [1.54, 1.807) is 6.92 Å². The highest BCUT2D eigenvalue weighted by molar-refractivity contribution is 7.15. The molecule has 150 valence electrons. The highest BCUT2D eigenvalue weighted by Crippen LogP contribution is 2.36. The highest BCUT2D eigenvalue weighted by Gasteiger charge is 2.28. The summed E-state index contributed by atoms with van der Waals surface area (Å²) in [6.07, 6.45) is 1.23. The van der Waals surface area contributed by atoms with Gasteiger partial charge in [-0.1, -0.05) is 44.2 Å². The Morgan fingerprint density at radius 1 is 1.18 bits per heavy atom. The van der Waals surface area contributed by atoms with Gasteiger partial charge in [-0.2, -0.15) is 0 Å². The molecule has 3 rings (SSSR count). The largest absolute Gasteiger partial charge is 0.462 e. The van der Waals surface area contributed by atoms with E-state index in [1.165, 1.54) is 22.7 Å². The van der Waals surface area contributed by atoms with Crippen LogP contribution in [0, 0.1) is 11.8 Å². The number of anilines is 1. The first kappa shape index (κ1) is 20.6. The van der Waals surface area contributed by atoms with Gasteiger partial charge in [0, 0.05) is 22.8 Å². The van der Waals surface area contributed by atoms with Crippen molar-refractivity contribution >= 4 is 28.2 Å². The molecule has 1 aromatic carbocycles. The number of quaternary nitrogens is 1. The van der Waals surface area contributed by atoms with Crippen molar-refractivity contribution in [1.29, 1.82) is 0 Å². The van der Waals surface area contributed by atoms with Gasteiger partial charge in [-0.05, 0) is 18.9 Å². The number of amides is 1.